The van der Waals surface area contributed by atoms with E-state index in [-0.39, 0.29) is 5.56 Å². The highest BCUT2D eigenvalue weighted by Crippen LogP contribution is 2.41. The second-order valence-corrected chi connectivity index (χ2v) is 4.86. The summed E-state index contributed by atoms with van der Waals surface area (Å²) in [5.41, 5.74) is -4.84. The van der Waals surface area contributed by atoms with Crippen molar-refractivity contribution in [3.05, 3.63) is 35.9 Å². The first-order chi connectivity index (χ1) is 9.91. The highest BCUT2D eigenvalue weighted by Gasteiger charge is 2.72. The minimum Gasteiger partial charge on any atom is -0.319 e. The van der Waals surface area contributed by atoms with Crippen LogP contribution in [0, 0.1) is 0 Å². The van der Waals surface area contributed by atoms with Crippen molar-refractivity contribution >= 4 is 5.91 Å². The summed E-state index contributed by atoms with van der Waals surface area (Å²) in [5, 5.41) is 2.45. The van der Waals surface area contributed by atoms with Crippen molar-refractivity contribution in [1.29, 1.82) is 0 Å². The molecule has 9 heteroatoms. The maximum absolute atomic E-state index is 13.1. The summed E-state index contributed by atoms with van der Waals surface area (Å²) in [7, 11) is 0. The fraction of sp³-hybridized carbons (Fsp3) is 0.462. The Kier molecular flexibility index (Phi) is 5.11. The Balaban J connectivity index is 3.28. The van der Waals surface area contributed by atoms with Crippen LogP contribution >= 0.6 is 0 Å². The van der Waals surface area contributed by atoms with Crippen LogP contribution in [0.3, 0.4) is 0 Å². The molecule has 0 saturated heterocycles. The standard InChI is InChI=1S/C13H14F6N2O/c1-8(2)20-11(12(14,15)16,13(17,18)19)21-10(22)9-6-4-3-5-7-9/h3-8,20H,1-2H3,(H,21,22). The molecule has 0 aliphatic heterocycles. The molecule has 124 valence electrons. The third kappa shape index (κ3) is 3.70. The van der Waals surface area contributed by atoms with Gasteiger partial charge in [-0.3, -0.25) is 10.1 Å². The number of carbonyl (C=O) groups excluding carboxylic acids is 1. The van der Waals surface area contributed by atoms with E-state index in [1.54, 1.807) is 0 Å². The van der Waals surface area contributed by atoms with Crippen molar-refractivity contribution in [2.24, 2.45) is 0 Å². The molecule has 1 aromatic rings. The summed E-state index contributed by atoms with van der Waals surface area (Å²) in [4.78, 5) is 11.8. The summed E-state index contributed by atoms with van der Waals surface area (Å²) in [6, 6.07) is 5.18. The first kappa shape index (κ1) is 18.3. The second kappa shape index (κ2) is 6.15. The maximum Gasteiger partial charge on any atom is 0.434 e. The van der Waals surface area contributed by atoms with Gasteiger partial charge in [0.25, 0.3) is 11.6 Å². The zero-order valence-corrected chi connectivity index (χ0v) is 11.6. The predicted molar refractivity (Wildman–Crippen MR) is 67.0 cm³/mol. The number of alkyl halides is 6. The lowest BCUT2D eigenvalue weighted by atomic mass is 10.1. The monoisotopic (exact) mass is 328 g/mol. The molecule has 0 radical (unpaired) electrons. The Morgan fingerprint density at radius 3 is 1.77 bits per heavy atom. The van der Waals surface area contributed by atoms with E-state index in [1.165, 1.54) is 23.5 Å². The predicted octanol–water partition coefficient (Wildman–Crippen LogP) is 3.24. The Labute approximate surface area is 122 Å². The van der Waals surface area contributed by atoms with E-state index in [2.05, 4.69) is 0 Å². The highest BCUT2D eigenvalue weighted by molar-refractivity contribution is 5.94. The van der Waals surface area contributed by atoms with Crippen molar-refractivity contribution in [3.63, 3.8) is 0 Å². The molecule has 0 aliphatic rings. The van der Waals surface area contributed by atoms with Crippen LogP contribution in [-0.4, -0.2) is 30.0 Å². The topological polar surface area (TPSA) is 41.1 Å². The molecule has 1 amide bonds. The number of halogens is 6. The van der Waals surface area contributed by atoms with E-state index < -0.39 is 30.0 Å². The molecule has 0 aromatic heterocycles. The van der Waals surface area contributed by atoms with Crippen molar-refractivity contribution in [2.45, 2.75) is 37.9 Å². The number of nitrogens with one attached hydrogen (secondary N) is 2. The normalized spacial score (nSPS) is 13.3. The number of amides is 1. The lowest BCUT2D eigenvalue weighted by Crippen LogP contribution is -2.76. The molecule has 0 heterocycles. The average Bonchev–Trinajstić information content (AvgIpc) is 2.35. The molecule has 0 unspecified atom stereocenters. The maximum atomic E-state index is 13.1. The van der Waals surface area contributed by atoms with Crippen LogP contribution in [-0.2, 0) is 0 Å². The van der Waals surface area contributed by atoms with Crippen molar-refractivity contribution < 1.29 is 31.1 Å². The van der Waals surface area contributed by atoms with Gasteiger partial charge >= 0.3 is 12.4 Å². The quantitative estimate of drug-likeness (QED) is 0.658. The summed E-state index contributed by atoms with van der Waals surface area (Å²) < 4.78 is 78.7. The molecule has 0 spiro atoms. The molecule has 3 nitrogen and oxygen atoms in total. The highest BCUT2D eigenvalue weighted by atomic mass is 19.4. The molecular formula is C13H14F6N2O. The van der Waals surface area contributed by atoms with Gasteiger partial charge in [0.2, 0.25) is 0 Å². The van der Waals surface area contributed by atoms with Gasteiger partial charge in [-0.05, 0) is 26.0 Å². The van der Waals surface area contributed by atoms with Gasteiger partial charge in [-0.1, -0.05) is 18.2 Å². The van der Waals surface area contributed by atoms with Gasteiger partial charge in [0.05, 0.1) is 0 Å². The smallest absolute Gasteiger partial charge is 0.319 e. The van der Waals surface area contributed by atoms with Crippen LogP contribution in [0.25, 0.3) is 0 Å². The molecule has 0 bridgehead atoms. The minimum absolute atomic E-state index is 0.314. The first-order valence-corrected chi connectivity index (χ1v) is 6.19. The lowest BCUT2D eigenvalue weighted by molar-refractivity contribution is -0.315. The summed E-state index contributed by atoms with van der Waals surface area (Å²) in [6.07, 6.45) is -11.6. The molecule has 0 fully saturated rings. The number of hydrogen-bond acceptors (Lipinski definition) is 2. The van der Waals surface area contributed by atoms with E-state index in [1.807, 2.05) is 0 Å². The molecule has 0 atom stereocenters. The van der Waals surface area contributed by atoms with E-state index in [4.69, 9.17) is 0 Å². The van der Waals surface area contributed by atoms with Crippen molar-refractivity contribution in [3.8, 4) is 0 Å². The van der Waals surface area contributed by atoms with Crippen LogP contribution in [0.15, 0.2) is 30.3 Å². The molecule has 1 aromatic carbocycles. The lowest BCUT2D eigenvalue weighted by Gasteiger charge is -2.39. The van der Waals surface area contributed by atoms with Gasteiger partial charge in [0.15, 0.2) is 0 Å². The van der Waals surface area contributed by atoms with E-state index in [9.17, 15) is 31.1 Å². The number of rotatable bonds is 4. The SMILES string of the molecule is CC(C)NC(NC(=O)c1ccccc1)(C(F)(F)F)C(F)(F)F. The number of hydrogen-bond donors (Lipinski definition) is 2. The van der Waals surface area contributed by atoms with Crippen LogP contribution in [0.1, 0.15) is 24.2 Å². The Bertz CT molecular complexity index is 496. The third-order valence-corrected chi connectivity index (χ3v) is 2.69. The third-order valence-electron chi connectivity index (χ3n) is 2.69. The molecule has 0 saturated carbocycles. The zero-order chi connectivity index (χ0) is 17.2. The van der Waals surface area contributed by atoms with Gasteiger partial charge in [-0.25, -0.2) is 0 Å². The summed E-state index contributed by atoms with van der Waals surface area (Å²) >= 11 is 0. The Morgan fingerprint density at radius 1 is 0.955 bits per heavy atom. The first-order valence-electron chi connectivity index (χ1n) is 6.19. The van der Waals surface area contributed by atoms with Gasteiger partial charge in [-0.15, -0.1) is 0 Å². The van der Waals surface area contributed by atoms with Crippen molar-refractivity contribution in [2.75, 3.05) is 0 Å². The van der Waals surface area contributed by atoms with Gasteiger partial charge < -0.3 is 5.32 Å². The van der Waals surface area contributed by atoms with Gasteiger partial charge in [-0.2, -0.15) is 26.3 Å². The summed E-state index contributed by atoms with van der Waals surface area (Å²) in [6.45, 7) is 2.22. The van der Waals surface area contributed by atoms with Crippen molar-refractivity contribution in [1.82, 2.24) is 10.6 Å². The molecular weight excluding hydrogens is 314 g/mol. The van der Waals surface area contributed by atoms with E-state index >= 15 is 0 Å². The number of benzene rings is 1. The average molecular weight is 328 g/mol. The van der Waals surface area contributed by atoms with Crippen LogP contribution in [0.2, 0.25) is 0 Å². The molecule has 1 rings (SSSR count). The second-order valence-electron chi connectivity index (χ2n) is 4.86. The van der Waals surface area contributed by atoms with Gasteiger partial charge in [0.1, 0.15) is 0 Å². The molecule has 2 N–H and O–H groups in total. The molecule has 22 heavy (non-hydrogen) atoms. The Hall–Kier alpha value is -1.77. The van der Waals surface area contributed by atoms with Gasteiger partial charge in [0, 0.05) is 11.6 Å². The van der Waals surface area contributed by atoms with Crippen LogP contribution < -0.4 is 10.6 Å². The summed E-state index contributed by atoms with van der Waals surface area (Å²) in [5.74, 6) is -1.48. The zero-order valence-electron chi connectivity index (χ0n) is 11.6. The minimum atomic E-state index is -5.78. The number of carbonyl (C=O) groups is 1. The van der Waals surface area contributed by atoms with E-state index in [0.29, 0.717) is 0 Å². The van der Waals surface area contributed by atoms with E-state index in [0.717, 1.165) is 31.3 Å². The Morgan fingerprint density at radius 2 is 1.41 bits per heavy atom. The molecule has 0 aliphatic carbocycles. The fourth-order valence-corrected chi connectivity index (χ4v) is 1.77. The van der Waals surface area contributed by atoms with Crippen LogP contribution in [0.5, 0.6) is 0 Å². The van der Waals surface area contributed by atoms with Crippen LogP contribution in [0.4, 0.5) is 26.3 Å². The largest absolute Gasteiger partial charge is 0.434 e. The fourth-order valence-electron chi connectivity index (χ4n) is 1.77.